The second-order valence-electron chi connectivity index (χ2n) is 19.6. The number of benzene rings is 5. The summed E-state index contributed by atoms with van der Waals surface area (Å²) in [6.45, 7) is 9.41. The van der Waals surface area contributed by atoms with Gasteiger partial charge in [0.2, 0.25) is 17.6 Å². The number of nitrogens with zero attached hydrogens (tertiary/aromatic N) is 9. The van der Waals surface area contributed by atoms with Crippen molar-refractivity contribution >= 4 is 85.8 Å². The molecule has 0 fully saturated rings. The standard InChI is InChI=1S/C21H21F3N4O2.C17H14F3N5O.C12H15N5O4S.C10H14N4O2/c1-4-16(30-17-10-9-12(2)11-13(17)3)19(29)28-27-18-14-7-5-6-8-15(14)25-20(26-18)21(22,23)24;1-21-11-6-4-5-10(9-11)15(26)25-24-14-12-7-2-3-8-13(12)22-16(23-14)17(18,19)20;1-8-5-4-6-9(7-8)21-22(18)17-16-10-13-11(19-2)15-12(14-10)20-3;1-7-4-5-8(11-6-7)12-13-9(15)10(16)14(2)3/h5-11,16H,4H2,1-3H3,(H,28,29)(H,25,26,27);2-9,21H,1H3,(H,25,26)(H,22,23,24);4-7,17H,1-3H3,(H,13,14,15,16);4-6H,1-3H3,(H,11,12)(H,13,15). The largest absolute Gasteiger partial charge is 0.480 e. The van der Waals surface area contributed by atoms with Gasteiger partial charge in [-0.15, -0.1) is 9.82 Å². The van der Waals surface area contributed by atoms with Gasteiger partial charge in [0.05, 0.1) is 25.3 Å². The summed E-state index contributed by atoms with van der Waals surface area (Å²) in [5.74, 6) is -3.69. The Morgan fingerprint density at radius 3 is 1.71 bits per heavy atom. The van der Waals surface area contributed by atoms with Crippen molar-refractivity contribution in [3.8, 4) is 23.5 Å². The molecular formula is C60H64F6N18O9S. The molecule has 5 aromatic carbocycles. The van der Waals surface area contributed by atoms with Crippen molar-refractivity contribution in [2.75, 3.05) is 62.4 Å². The highest BCUT2D eigenvalue weighted by atomic mass is 32.2. The third kappa shape index (κ3) is 21.7. The zero-order valence-corrected chi connectivity index (χ0v) is 52.7. The predicted molar refractivity (Wildman–Crippen MR) is 338 cm³/mol. The molecule has 4 amide bonds. The third-order valence-corrected chi connectivity index (χ3v) is 12.8. The fourth-order valence-corrected chi connectivity index (χ4v) is 8.06. The van der Waals surface area contributed by atoms with Crippen molar-refractivity contribution in [2.45, 2.75) is 59.5 Å². The molecule has 94 heavy (non-hydrogen) atoms. The molecule has 27 nitrogen and oxygen atoms in total. The molecule has 9 aromatic rings. The minimum atomic E-state index is -4.72. The normalized spacial score (nSPS) is 11.4. The van der Waals surface area contributed by atoms with E-state index >= 15 is 0 Å². The number of carbonyl (C=O) groups is 4. The molecule has 0 saturated carbocycles. The van der Waals surface area contributed by atoms with Gasteiger partial charge in [-0.2, -0.15) is 40.5 Å². The molecule has 9 N–H and O–H groups in total. The number of aromatic nitrogens is 8. The van der Waals surface area contributed by atoms with Crippen molar-refractivity contribution in [1.82, 2.24) is 65.9 Å². The van der Waals surface area contributed by atoms with Crippen LogP contribution in [-0.2, 0) is 38.0 Å². The van der Waals surface area contributed by atoms with Gasteiger partial charge < -0.3 is 28.6 Å². The molecule has 34 heteroatoms. The summed E-state index contributed by atoms with van der Waals surface area (Å²) >= 11 is -1.84. The van der Waals surface area contributed by atoms with Crippen LogP contribution in [0.1, 0.15) is 57.6 Å². The van der Waals surface area contributed by atoms with Crippen molar-refractivity contribution < 1.29 is 68.1 Å². The highest BCUT2D eigenvalue weighted by Gasteiger charge is 2.37. The average molecular weight is 1330 g/mol. The fourth-order valence-electron chi connectivity index (χ4n) is 7.57. The Labute approximate surface area is 536 Å². The summed E-state index contributed by atoms with van der Waals surface area (Å²) in [4.78, 5) is 80.6. The highest BCUT2D eigenvalue weighted by Crippen LogP contribution is 2.32. The van der Waals surface area contributed by atoms with E-state index in [0.717, 1.165) is 27.9 Å². The van der Waals surface area contributed by atoms with E-state index in [4.69, 9.17) is 18.4 Å². The molecule has 0 aliphatic heterocycles. The van der Waals surface area contributed by atoms with Crippen LogP contribution in [0.2, 0.25) is 0 Å². The van der Waals surface area contributed by atoms with E-state index in [9.17, 15) is 49.7 Å². The first-order valence-electron chi connectivity index (χ1n) is 27.7. The number of methoxy groups -OCH3 is 2. The Kier molecular flexibility index (Phi) is 25.7. The Morgan fingerprint density at radius 1 is 0.606 bits per heavy atom. The lowest BCUT2D eigenvalue weighted by molar-refractivity contribution is -0.145. The summed E-state index contributed by atoms with van der Waals surface area (Å²) in [5, 5.41) is 3.59. The van der Waals surface area contributed by atoms with E-state index in [1.807, 2.05) is 52.0 Å². The number of alkyl halides is 6. The van der Waals surface area contributed by atoms with Crippen molar-refractivity contribution in [3.63, 3.8) is 0 Å². The van der Waals surface area contributed by atoms with Crippen LogP contribution < -0.4 is 66.5 Å². The number of fused-ring (bicyclic) bond motifs is 2. The number of anilines is 5. The van der Waals surface area contributed by atoms with Crippen LogP contribution in [0.25, 0.3) is 21.8 Å². The number of para-hydroxylation sites is 2. The molecule has 2 unspecified atom stereocenters. The van der Waals surface area contributed by atoms with Gasteiger partial charge in [0.25, 0.3) is 11.8 Å². The van der Waals surface area contributed by atoms with Crippen LogP contribution in [0, 0.1) is 27.7 Å². The summed E-state index contributed by atoms with van der Waals surface area (Å²) in [5.41, 5.74) is 22.3. The van der Waals surface area contributed by atoms with E-state index in [0.29, 0.717) is 40.1 Å². The molecule has 0 aliphatic rings. The van der Waals surface area contributed by atoms with E-state index in [-0.39, 0.29) is 40.6 Å². The molecular weight excluding hydrogens is 1260 g/mol. The van der Waals surface area contributed by atoms with Crippen LogP contribution in [-0.4, -0.2) is 114 Å². The van der Waals surface area contributed by atoms with Crippen molar-refractivity contribution in [3.05, 3.63) is 173 Å². The van der Waals surface area contributed by atoms with Crippen LogP contribution in [0.4, 0.5) is 55.4 Å². The van der Waals surface area contributed by atoms with E-state index in [1.165, 1.54) is 45.3 Å². The number of rotatable bonds is 19. The van der Waals surface area contributed by atoms with Crippen LogP contribution in [0.15, 0.2) is 134 Å². The fraction of sp³-hybridized carbons (Fsp3) is 0.233. The Bertz CT molecular complexity index is 4080. The highest BCUT2D eigenvalue weighted by molar-refractivity contribution is 7.78. The Hall–Kier alpha value is -11.3. The molecule has 496 valence electrons. The monoisotopic (exact) mass is 1330 g/mol. The van der Waals surface area contributed by atoms with Gasteiger partial charge in [-0.05, 0) is 118 Å². The number of halogens is 6. The van der Waals surface area contributed by atoms with Crippen molar-refractivity contribution in [1.29, 1.82) is 0 Å². The SMILES string of the molecule is CCC(Oc1ccc(C)cc1C)C(=O)NNc1nc(C(F)(F)F)nc2ccccc12.CNc1cccc(C(=O)NNc2nc(C(F)(F)F)nc3ccccc23)c1.COc1nc(NNS(=O)Oc2cccc(C)c2)nc(OC)n1.Cc1ccc(NNC(=O)C(=O)N(C)C)nc1. The average Bonchev–Trinajstić information content (AvgIpc) is 0.803. The van der Waals surface area contributed by atoms with Gasteiger partial charge in [0.1, 0.15) is 17.3 Å². The number of hydrazine groups is 4. The first-order valence-corrected chi connectivity index (χ1v) is 28.8. The maximum absolute atomic E-state index is 13.1. The number of carbonyl (C=O) groups excluding carboxylic acids is 4. The van der Waals surface area contributed by atoms with Gasteiger partial charge in [0.15, 0.2) is 17.7 Å². The quantitative estimate of drug-likeness (QED) is 0.0207. The first-order chi connectivity index (χ1) is 44.7. The van der Waals surface area contributed by atoms with Crippen molar-refractivity contribution in [2.24, 2.45) is 0 Å². The number of amides is 4. The lowest BCUT2D eigenvalue weighted by Gasteiger charge is -2.20. The topological polar surface area (TPSA) is 337 Å². The van der Waals surface area contributed by atoms with Gasteiger partial charge in [-0.3, -0.25) is 57.2 Å². The van der Waals surface area contributed by atoms with Crippen LogP contribution >= 0.6 is 0 Å². The van der Waals surface area contributed by atoms with Crippen LogP contribution in [0.3, 0.4) is 0 Å². The maximum atomic E-state index is 13.1. The Balaban J connectivity index is 0.000000203. The number of nitrogens with one attached hydrogen (secondary N) is 9. The second kappa shape index (κ2) is 33.7. The van der Waals surface area contributed by atoms with Gasteiger partial charge in [-0.25, -0.2) is 24.9 Å². The minimum absolute atomic E-state index is 0.0570. The lowest BCUT2D eigenvalue weighted by atomic mass is 10.1. The number of pyridine rings is 1. The van der Waals surface area contributed by atoms with Crippen LogP contribution in [0.5, 0.6) is 23.5 Å². The molecule has 0 spiro atoms. The number of likely N-dealkylation sites (N-methyl/N-ethyl adjacent to an activating group) is 1. The van der Waals surface area contributed by atoms with Gasteiger partial charge in [0, 0.05) is 49.4 Å². The third-order valence-electron chi connectivity index (χ3n) is 12.2. The van der Waals surface area contributed by atoms with E-state index < -0.39 is 65.0 Å². The molecule has 0 bridgehead atoms. The van der Waals surface area contributed by atoms with Gasteiger partial charge in [-0.1, -0.05) is 73.2 Å². The van der Waals surface area contributed by atoms with Gasteiger partial charge >= 0.3 is 47.5 Å². The molecule has 0 aliphatic carbocycles. The number of ether oxygens (including phenoxy) is 3. The molecule has 4 heterocycles. The Morgan fingerprint density at radius 2 is 1.18 bits per heavy atom. The molecule has 9 rings (SSSR count). The number of hydrogen-bond acceptors (Lipinski definition) is 22. The van der Waals surface area contributed by atoms with E-state index in [2.05, 4.69) is 88.0 Å². The lowest BCUT2D eigenvalue weighted by Crippen LogP contribution is -2.41. The minimum Gasteiger partial charge on any atom is -0.480 e. The molecule has 4 aromatic heterocycles. The van der Waals surface area contributed by atoms with E-state index in [1.54, 1.807) is 111 Å². The molecule has 2 atom stereocenters. The summed E-state index contributed by atoms with van der Waals surface area (Å²) < 4.78 is 111. The zero-order chi connectivity index (χ0) is 68.7. The first kappa shape index (κ1) is 71.8. The maximum Gasteiger partial charge on any atom is 0.451 e. The second-order valence-corrected chi connectivity index (χ2v) is 20.5. The number of aryl methyl sites for hydroxylation is 4. The summed E-state index contributed by atoms with van der Waals surface area (Å²) in [7, 11) is 7.54. The zero-order valence-electron chi connectivity index (χ0n) is 51.9. The smallest absolute Gasteiger partial charge is 0.451 e. The molecule has 0 radical (unpaired) electrons. The summed E-state index contributed by atoms with van der Waals surface area (Å²) in [6, 6.07) is 35.5. The molecule has 0 saturated heterocycles. The predicted octanol–water partition coefficient (Wildman–Crippen LogP) is 8.71. The summed E-state index contributed by atoms with van der Waals surface area (Å²) in [6.07, 6.45) is -8.25. The number of hydrogen-bond donors (Lipinski definition) is 9.